The first kappa shape index (κ1) is 13.2. The zero-order valence-electron chi connectivity index (χ0n) is 8.22. The maximum Gasteiger partial charge on any atom is 0.316 e. The van der Waals surface area contributed by atoms with Crippen molar-refractivity contribution in [3.05, 3.63) is 37.1 Å². The normalized spacial score (nSPS) is 15.7. The van der Waals surface area contributed by atoms with Crippen LogP contribution in [0.5, 0.6) is 0 Å². The van der Waals surface area contributed by atoms with E-state index in [1.54, 1.807) is 0 Å². The third-order valence-corrected chi connectivity index (χ3v) is 1.77. The highest BCUT2D eigenvalue weighted by molar-refractivity contribution is 7.32. The van der Waals surface area contributed by atoms with Crippen LogP contribution in [0.3, 0.4) is 0 Å². The average Bonchev–Trinajstić information content (AvgIpc) is 2.21. The Kier molecular flexibility index (Phi) is 8.24. The molecule has 0 aromatic carbocycles. The van der Waals surface area contributed by atoms with Gasteiger partial charge in [0.1, 0.15) is 0 Å². The maximum atomic E-state index is 9.33. The molecule has 0 aromatic heterocycles. The summed E-state index contributed by atoms with van der Waals surface area (Å²) in [7, 11) is -1.44. The van der Waals surface area contributed by atoms with Crippen LogP contribution in [0.1, 0.15) is 0 Å². The molecular formula is C9H16NO3P. The molecule has 1 aliphatic heterocycles. The molecule has 14 heavy (non-hydrogen) atoms. The molecule has 0 amide bonds. The number of nitrogens with zero attached hydrogens (tertiary/aromatic N) is 1. The van der Waals surface area contributed by atoms with E-state index in [0.29, 0.717) is 0 Å². The molecule has 1 rings (SSSR count). The van der Waals surface area contributed by atoms with Crippen LogP contribution in [0, 0.1) is 0 Å². The lowest BCUT2D eigenvalue weighted by atomic mass is 10.3. The van der Waals surface area contributed by atoms with E-state index < -0.39 is 8.25 Å². The van der Waals surface area contributed by atoms with Gasteiger partial charge >= 0.3 is 8.25 Å². The summed E-state index contributed by atoms with van der Waals surface area (Å²) in [5, 5.41) is 0. The van der Waals surface area contributed by atoms with Crippen molar-refractivity contribution >= 4 is 8.25 Å². The Morgan fingerprint density at radius 2 is 2.36 bits per heavy atom. The summed E-state index contributed by atoms with van der Waals surface area (Å²) >= 11 is 0. The molecule has 1 atom stereocenters. The van der Waals surface area contributed by atoms with Crippen molar-refractivity contribution in [2.24, 2.45) is 0 Å². The third-order valence-electron chi connectivity index (χ3n) is 1.42. The Morgan fingerprint density at radius 1 is 1.71 bits per heavy atom. The summed E-state index contributed by atoms with van der Waals surface area (Å²) in [5.41, 5.74) is 0. The fourth-order valence-corrected chi connectivity index (χ4v) is 0.808. The molecule has 0 radical (unpaired) electrons. The van der Waals surface area contributed by atoms with Crippen LogP contribution in [0.15, 0.2) is 37.1 Å². The van der Waals surface area contributed by atoms with Gasteiger partial charge in [-0.15, -0.1) is 6.58 Å². The van der Waals surface area contributed by atoms with E-state index in [1.807, 2.05) is 12.2 Å². The van der Waals surface area contributed by atoms with Gasteiger partial charge in [0.25, 0.3) is 0 Å². The van der Waals surface area contributed by atoms with Gasteiger partial charge in [0.05, 0.1) is 0 Å². The van der Waals surface area contributed by atoms with Crippen LogP contribution >= 0.6 is 8.25 Å². The summed E-state index contributed by atoms with van der Waals surface area (Å²) in [6, 6.07) is 0. The average molecular weight is 217 g/mol. The number of hydrogen-bond donors (Lipinski definition) is 1. The van der Waals surface area contributed by atoms with Crippen LogP contribution in [-0.4, -0.2) is 30.0 Å². The van der Waals surface area contributed by atoms with Gasteiger partial charge in [-0.2, -0.15) is 0 Å². The van der Waals surface area contributed by atoms with Crippen LogP contribution < -0.4 is 0 Å². The van der Waals surface area contributed by atoms with E-state index in [0.717, 1.165) is 13.1 Å². The molecular weight excluding hydrogens is 201 g/mol. The second kappa shape index (κ2) is 8.75. The van der Waals surface area contributed by atoms with Gasteiger partial charge < -0.3 is 14.3 Å². The first-order valence-electron chi connectivity index (χ1n) is 4.16. The molecule has 4 nitrogen and oxygen atoms in total. The minimum absolute atomic E-state index is 0.945. The number of allylic oxidation sites excluding steroid dienone is 2. The molecule has 0 aliphatic carbocycles. The van der Waals surface area contributed by atoms with Crippen LogP contribution in [-0.2, 0) is 9.09 Å². The lowest BCUT2D eigenvalue weighted by Gasteiger charge is -2.17. The SMILES string of the molecule is C=CCN1C=CC=CC1.CO[PH](=O)O. The zero-order valence-corrected chi connectivity index (χ0v) is 9.22. The quantitative estimate of drug-likeness (QED) is 0.576. The highest BCUT2D eigenvalue weighted by atomic mass is 31.1. The van der Waals surface area contributed by atoms with Crippen molar-refractivity contribution in [3.8, 4) is 0 Å². The molecule has 1 aliphatic rings. The highest BCUT2D eigenvalue weighted by Crippen LogP contribution is 2.09. The van der Waals surface area contributed by atoms with E-state index in [2.05, 4.69) is 34.4 Å². The summed E-state index contributed by atoms with van der Waals surface area (Å²) in [5.74, 6) is 0. The molecule has 0 bridgehead atoms. The molecule has 5 heteroatoms. The van der Waals surface area contributed by atoms with Crippen molar-refractivity contribution in [2.75, 3.05) is 20.2 Å². The largest absolute Gasteiger partial charge is 0.370 e. The van der Waals surface area contributed by atoms with E-state index in [1.165, 1.54) is 7.11 Å². The molecule has 0 spiro atoms. The summed E-state index contributed by atoms with van der Waals surface area (Å²) in [4.78, 5) is 9.87. The fourth-order valence-electron chi connectivity index (χ4n) is 0.808. The molecule has 1 unspecified atom stereocenters. The van der Waals surface area contributed by atoms with Crippen LogP contribution in [0.2, 0.25) is 0 Å². The molecule has 0 saturated heterocycles. The smallest absolute Gasteiger partial charge is 0.316 e. The number of rotatable bonds is 3. The minimum Gasteiger partial charge on any atom is -0.370 e. The van der Waals surface area contributed by atoms with Crippen molar-refractivity contribution in [3.63, 3.8) is 0 Å². The van der Waals surface area contributed by atoms with Gasteiger partial charge in [-0.1, -0.05) is 18.2 Å². The minimum atomic E-state index is -2.62. The molecule has 1 N–H and O–H groups in total. The van der Waals surface area contributed by atoms with E-state index in [9.17, 15) is 4.57 Å². The van der Waals surface area contributed by atoms with Crippen LogP contribution in [0.25, 0.3) is 0 Å². The summed E-state index contributed by atoms with van der Waals surface area (Å²) in [6.45, 7) is 5.62. The Hall–Kier alpha value is -0.830. The first-order chi connectivity index (χ1) is 6.70. The first-order valence-corrected chi connectivity index (χ1v) is 5.42. The molecule has 0 fully saturated rings. The van der Waals surface area contributed by atoms with Gasteiger partial charge in [0.2, 0.25) is 0 Å². The van der Waals surface area contributed by atoms with E-state index >= 15 is 0 Å². The van der Waals surface area contributed by atoms with E-state index in [-0.39, 0.29) is 0 Å². The predicted molar refractivity (Wildman–Crippen MR) is 58.3 cm³/mol. The topological polar surface area (TPSA) is 49.8 Å². The van der Waals surface area contributed by atoms with Crippen molar-refractivity contribution in [1.29, 1.82) is 0 Å². The van der Waals surface area contributed by atoms with E-state index in [4.69, 9.17) is 4.89 Å². The monoisotopic (exact) mass is 217 g/mol. The van der Waals surface area contributed by atoms with Crippen molar-refractivity contribution in [2.45, 2.75) is 0 Å². The molecule has 0 saturated carbocycles. The van der Waals surface area contributed by atoms with Crippen molar-refractivity contribution < 1.29 is 14.0 Å². The van der Waals surface area contributed by atoms with Gasteiger partial charge in [-0.25, -0.2) is 0 Å². The summed E-state index contributed by atoms with van der Waals surface area (Å²) < 4.78 is 13.2. The Morgan fingerprint density at radius 3 is 2.71 bits per heavy atom. The summed E-state index contributed by atoms with van der Waals surface area (Å²) in [6.07, 6.45) is 10.2. The predicted octanol–water partition coefficient (Wildman–Crippen LogP) is 1.57. The molecule has 0 aromatic rings. The lowest BCUT2D eigenvalue weighted by Crippen LogP contribution is -2.18. The van der Waals surface area contributed by atoms with Gasteiger partial charge in [0, 0.05) is 20.2 Å². The Bertz CT molecular complexity index is 236. The van der Waals surface area contributed by atoms with Gasteiger partial charge in [0.15, 0.2) is 0 Å². The highest BCUT2D eigenvalue weighted by Gasteiger charge is 1.93. The Labute approximate surface area is 85.1 Å². The molecule has 1 heterocycles. The second-order valence-corrected chi connectivity index (χ2v) is 3.42. The molecule has 80 valence electrons. The standard InChI is InChI=1S/C8H11N.CH5O3P/c1-2-6-9-7-4-3-5-8-9;1-4-5(2)3/h2-5,7H,1,6,8H2;5H,1H3,(H,2,3). The number of hydrogen-bond acceptors (Lipinski definition) is 3. The lowest BCUT2D eigenvalue weighted by molar-refractivity contribution is 0.343. The fraction of sp³-hybridized carbons (Fsp3) is 0.333. The third kappa shape index (κ3) is 7.80. The second-order valence-electron chi connectivity index (χ2n) is 2.48. The Balaban J connectivity index is 0.000000292. The van der Waals surface area contributed by atoms with Gasteiger partial charge in [-0.3, -0.25) is 4.57 Å². The van der Waals surface area contributed by atoms with Crippen molar-refractivity contribution in [1.82, 2.24) is 4.90 Å². The van der Waals surface area contributed by atoms with Crippen LogP contribution in [0.4, 0.5) is 0 Å². The zero-order chi connectivity index (χ0) is 10.8. The van der Waals surface area contributed by atoms with Gasteiger partial charge in [-0.05, 0) is 12.3 Å². The maximum absolute atomic E-state index is 9.33.